The van der Waals surface area contributed by atoms with Crippen LogP contribution in [0.3, 0.4) is 0 Å². The number of pyridine rings is 1. The van der Waals surface area contributed by atoms with E-state index < -0.39 is 0 Å². The number of nitrogens with two attached hydrogens (primary N) is 1. The molecule has 5 nitrogen and oxygen atoms in total. The van der Waals surface area contributed by atoms with Crippen LogP contribution >= 0.6 is 0 Å². The van der Waals surface area contributed by atoms with Crippen molar-refractivity contribution in [2.24, 2.45) is 5.84 Å². The Bertz CT molecular complexity index is 351. The molecule has 1 aromatic heterocycles. The van der Waals surface area contributed by atoms with Crippen molar-refractivity contribution < 1.29 is 4.79 Å². The first kappa shape index (κ1) is 11.5. The highest BCUT2D eigenvalue weighted by atomic mass is 16.2. The van der Waals surface area contributed by atoms with Crippen molar-refractivity contribution in [2.75, 3.05) is 12.5 Å². The monoisotopic (exact) mass is 208 g/mol. The minimum absolute atomic E-state index is 0.0916. The van der Waals surface area contributed by atoms with Gasteiger partial charge in [0.2, 0.25) is 0 Å². The Morgan fingerprint density at radius 1 is 1.60 bits per heavy atom. The molecular formula is C10H16N4O. The summed E-state index contributed by atoms with van der Waals surface area (Å²) in [7, 11) is 1.75. The lowest BCUT2D eigenvalue weighted by atomic mass is 10.2. The van der Waals surface area contributed by atoms with Gasteiger partial charge < -0.3 is 10.3 Å². The number of hydrogen-bond donors (Lipinski definition) is 2. The van der Waals surface area contributed by atoms with Crippen LogP contribution in [0.25, 0.3) is 0 Å². The molecule has 1 aromatic rings. The quantitative estimate of drug-likeness (QED) is 0.570. The molecule has 82 valence electrons. The Hall–Kier alpha value is -1.62. The van der Waals surface area contributed by atoms with Crippen LogP contribution < -0.4 is 11.3 Å². The van der Waals surface area contributed by atoms with Crippen molar-refractivity contribution in [3.8, 4) is 0 Å². The number of aromatic nitrogens is 1. The second-order valence-electron chi connectivity index (χ2n) is 3.58. The molecule has 3 N–H and O–H groups in total. The van der Waals surface area contributed by atoms with Crippen LogP contribution in [0.15, 0.2) is 18.5 Å². The number of nitrogen functional groups attached to an aromatic ring is 1. The van der Waals surface area contributed by atoms with Crippen LogP contribution in [0, 0.1) is 0 Å². The van der Waals surface area contributed by atoms with Gasteiger partial charge in [0.25, 0.3) is 5.91 Å². The van der Waals surface area contributed by atoms with Crippen LogP contribution in [-0.2, 0) is 0 Å². The van der Waals surface area contributed by atoms with Crippen molar-refractivity contribution >= 4 is 11.6 Å². The molecule has 0 aliphatic rings. The summed E-state index contributed by atoms with van der Waals surface area (Å²) in [6.45, 7) is 3.90. The molecule has 5 heteroatoms. The number of amides is 1. The van der Waals surface area contributed by atoms with Crippen LogP contribution in [0.2, 0.25) is 0 Å². The van der Waals surface area contributed by atoms with E-state index in [0.29, 0.717) is 11.3 Å². The third-order valence-electron chi connectivity index (χ3n) is 2.30. The Balaban J connectivity index is 3.00. The van der Waals surface area contributed by atoms with Gasteiger partial charge in [0.1, 0.15) is 0 Å². The first-order valence-corrected chi connectivity index (χ1v) is 4.75. The van der Waals surface area contributed by atoms with Crippen molar-refractivity contribution in [3.63, 3.8) is 0 Å². The lowest BCUT2D eigenvalue weighted by Gasteiger charge is -2.22. The molecule has 0 aliphatic heterocycles. The molecule has 15 heavy (non-hydrogen) atoms. The van der Waals surface area contributed by atoms with Gasteiger partial charge in [-0.1, -0.05) is 0 Å². The van der Waals surface area contributed by atoms with Gasteiger partial charge in [0, 0.05) is 25.5 Å². The lowest BCUT2D eigenvalue weighted by molar-refractivity contribution is 0.0755. The Morgan fingerprint density at radius 3 is 2.80 bits per heavy atom. The van der Waals surface area contributed by atoms with Gasteiger partial charge in [0.15, 0.2) is 0 Å². The zero-order valence-electron chi connectivity index (χ0n) is 9.19. The zero-order valence-corrected chi connectivity index (χ0v) is 9.19. The van der Waals surface area contributed by atoms with E-state index >= 15 is 0 Å². The van der Waals surface area contributed by atoms with Crippen molar-refractivity contribution in [1.29, 1.82) is 0 Å². The summed E-state index contributed by atoms with van der Waals surface area (Å²) in [6.07, 6.45) is 3.09. The smallest absolute Gasteiger partial charge is 0.257 e. The molecule has 0 spiro atoms. The SMILES string of the molecule is CC(C)N(C)C(=O)c1cnccc1NN. The van der Waals surface area contributed by atoms with Gasteiger partial charge in [-0.15, -0.1) is 0 Å². The topological polar surface area (TPSA) is 71.2 Å². The average molecular weight is 208 g/mol. The maximum absolute atomic E-state index is 12.0. The van der Waals surface area contributed by atoms with Gasteiger partial charge in [-0.3, -0.25) is 15.6 Å². The fourth-order valence-corrected chi connectivity index (χ4v) is 1.12. The number of hydrazine groups is 1. The van der Waals surface area contributed by atoms with Gasteiger partial charge in [0.05, 0.1) is 11.3 Å². The van der Waals surface area contributed by atoms with Gasteiger partial charge in [-0.05, 0) is 19.9 Å². The van der Waals surface area contributed by atoms with Crippen LogP contribution in [0.4, 0.5) is 5.69 Å². The molecule has 0 bridgehead atoms. The highest BCUT2D eigenvalue weighted by Gasteiger charge is 2.17. The van der Waals surface area contributed by atoms with E-state index in [-0.39, 0.29) is 11.9 Å². The maximum Gasteiger partial charge on any atom is 0.257 e. The van der Waals surface area contributed by atoms with E-state index in [1.165, 1.54) is 6.20 Å². The number of nitrogens with one attached hydrogen (secondary N) is 1. The summed E-state index contributed by atoms with van der Waals surface area (Å²) >= 11 is 0. The Labute approximate surface area is 89.3 Å². The summed E-state index contributed by atoms with van der Waals surface area (Å²) in [5, 5.41) is 0. The fourth-order valence-electron chi connectivity index (χ4n) is 1.12. The van der Waals surface area contributed by atoms with Crippen molar-refractivity contribution in [2.45, 2.75) is 19.9 Å². The second kappa shape index (κ2) is 4.75. The highest BCUT2D eigenvalue weighted by molar-refractivity contribution is 5.99. The molecule has 0 saturated heterocycles. The molecule has 0 fully saturated rings. The van der Waals surface area contributed by atoms with Crippen molar-refractivity contribution in [3.05, 3.63) is 24.0 Å². The predicted molar refractivity (Wildman–Crippen MR) is 59.3 cm³/mol. The van der Waals surface area contributed by atoms with E-state index in [1.54, 1.807) is 24.2 Å². The number of carbonyl (C=O) groups excluding carboxylic acids is 1. The molecule has 0 saturated carbocycles. The van der Waals surface area contributed by atoms with Gasteiger partial charge >= 0.3 is 0 Å². The molecule has 0 atom stereocenters. The van der Waals surface area contributed by atoms with Gasteiger partial charge in [-0.25, -0.2) is 0 Å². The Kier molecular flexibility index (Phi) is 3.62. The Morgan fingerprint density at radius 2 is 2.27 bits per heavy atom. The molecule has 1 rings (SSSR count). The van der Waals surface area contributed by atoms with E-state index in [0.717, 1.165) is 0 Å². The first-order chi connectivity index (χ1) is 7.07. The van der Waals surface area contributed by atoms with E-state index in [1.807, 2.05) is 13.8 Å². The zero-order chi connectivity index (χ0) is 11.4. The van der Waals surface area contributed by atoms with E-state index in [2.05, 4.69) is 10.4 Å². The summed E-state index contributed by atoms with van der Waals surface area (Å²) < 4.78 is 0. The molecule has 0 radical (unpaired) electrons. The fraction of sp³-hybridized carbons (Fsp3) is 0.400. The van der Waals surface area contributed by atoms with E-state index in [9.17, 15) is 4.79 Å². The molecule has 1 amide bonds. The molecule has 0 aliphatic carbocycles. The third kappa shape index (κ3) is 2.44. The average Bonchev–Trinajstić information content (AvgIpc) is 2.26. The van der Waals surface area contributed by atoms with Crippen LogP contribution in [0.1, 0.15) is 24.2 Å². The third-order valence-corrected chi connectivity index (χ3v) is 2.30. The summed E-state index contributed by atoms with van der Waals surface area (Å²) in [5.41, 5.74) is 3.55. The maximum atomic E-state index is 12.0. The lowest BCUT2D eigenvalue weighted by Crippen LogP contribution is -2.33. The number of nitrogens with zero attached hydrogens (tertiary/aromatic N) is 2. The van der Waals surface area contributed by atoms with E-state index in [4.69, 9.17) is 5.84 Å². The van der Waals surface area contributed by atoms with Crippen molar-refractivity contribution in [1.82, 2.24) is 9.88 Å². The van der Waals surface area contributed by atoms with Crippen LogP contribution in [-0.4, -0.2) is 28.9 Å². The summed E-state index contributed by atoms with van der Waals surface area (Å²) in [5.74, 6) is 5.22. The number of anilines is 1. The molecule has 0 unspecified atom stereocenters. The number of hydrogen-bond acceptors (Lipinski definition) is 4. The first-order valence-electron chi connectivity index (χ1n) is 4.75. The number of carbonyl (C=O) groups is 1. The van der Waals surface area contributed by atoms with Crippen LogP contribution in [0.5, 0.6) is 0 Å². The standard InChI is InChI=1S/C10H16N4O/c1-7(2)14(3)10(15)8-6-12-5-4-9(8)13-11/h4-7H,11H2,1-3H3,(H,12,13). The number of rotatable bonds is 3. The normalized spacial score (nSPS) is 10.2. The summed E-state index contributed by atoms with van der Waals surface area (Å²) in [4.78, 5) is 17.5. The highest BCUT2D eigenvalue weighted by Crippen LogP contribution is 2.14. The predicted octanol–water partition coefficient (Wildman–Crippen LogP) is 0.848. The second-order valence-corrected chi connectivity index (χ2v) is 3.58. The minimum atomic E-state index is -0.0916. The molecule has 0 aromatic carbocycles. The largest absolute Gasteiger partial charge is 0.339 e. The molecular weight excluding hydrogens is 192 g/mol. The molecule has 1 heterocycles. The van der Waals surface area contributed by atoms with Gasteiger partial charge in [-0.2, -0.15) is 0 Å². The minimum Gasteiger partial charge on any atom is -0.339 e. The summed E-state index contributed by atoms with van der Waals surface area (Å²) in [6, 6.07) is 1.81.